The first-order chi connectivity index (χ1) is 7.16. The monoisotopic (exact) mass is 264 g/mol. The Labute approximate surface area is 103 Å². The van der Waals surface area contributed by atoms with E-state index < -0.39 is 0 Å². The van der Waals surface area contributed by atoms with Gasteiger partial charge in [-0.15, -0.1) is 11.6 Å². The van der Waals surface area contributed by atoms with Crippen molar-refractivity contribution >= 4 is 35.0 Å². The SMILES string of the molecule is Fc1ccc(Cl)c(CC2CSCC2Cl)c1. The summed E-state index contributed by atoms with van der Waals surface area (Å²) in [7, 11) is 0. The Morgan fingerprint density at radius 1 is 1.40 bits per heavy atom. The van der Waals surface area contributed by atoms with Crippen molar-refractivity contribution in [2.75, 3.05) is 11.5 Å². The lowest BCUT2D eigenvalue weighted by Crippen LogP contribution is -2.15. The number of benzene rings is 1. The minimum atomic E-state index is -0.230. The lowest BCUT2D eigenvalue weighted by Gasteiger charge is -2.13. The fraction of sp³-hybridized carbons (Fsp3) is 0.455. The fourth-order valence-corrected chi connectivity index (χ4v) is 3.77. The molecule has 1 heterocycles. The third kappa shape index (κ3) is 2.80. The van der Waals surface area contributed by atoms with E-state index in [2.05, 4.69) is 0 Å². The van der Waals surface area contributed by atoms with Gasteiger partial charge in [0.25, 0.3) is 0 Å². The molecule has 1 aromatic carbocycles. The lowest BCUT2D eigenvalue weighted by atomic mass is 9.98. The normalized spacial score (nSPS) is 25.8. The highest BCUT2D eigenvalue weighted by atomic mass is 35.5. The predicted molar refractivity (Wildman–Crippen MR) is 65.6 cm³/mol. The van der Waals surface area contributed by atoms with Gasteiger partial charge in [0.2, 0.25) is 0 Å². The van der Waals surface area contributed by atoms with E-state index in [0.717, 1.165) is 23.5 Å². The van der Waals surface area contributed by atoms with Crippen LogP contribution in [0.1, 0.15) is 5.56 Å². The van der Waals surface area contributed by atoms with Crippen molar-refractivity contribution < 1.29 is 4.39 Å². The molecule has 2 unspecified atom stereocenters. The zero-order valence-corrected chi connectivity index (χ0v) is 10.4. The van der Waals surface area contributed by atoms with Crippen molar-refractivity contribution in [3.8, 4) is 0 Å². The van der Waals surface area contributed by atoms with Crippen LogP contribution >= 0.6 is 35.0 Å². The molecule has 2 atom stereocenters. The molecule has 0 aliphatic carbocycles. The molecule has 0 aromatic heterocycles. The van der Waals surface area contributed by atoms with E-state index in [9.17, 15) is 4.39 Å². The lowest BCUT2D eigenvalue weighted by molar-refractivity contribution is 0.592. The second-order valence-corrected chi connectivity index (χ2v) is 5.80. The second kappa shape index (κ2) is 4.94. The summed E-state index contributed by atoms with van der Waals surface area (Å²) >= 11 is 14.0. The molecule has 0 N–H and O–H groups in total. The standard InChI is InChI=1S/C11H11Cl2FS/c12-10-2-1-9(14)4-7(10)3-8-5-15-6-11(8)13/h1-2,4,8,11H,3,5-6H2. The molecule has 0 radical (unpaired) electrons. The Morgan fingerprint density at radius 3 is 2.87 bits per heavy atom. The first-order valence-electron chi connectivity index (χ1n) is 4.82. The summed E-state index contributed by atoms with van der Waals surface area (Å²) in [5.74, 6) is 2.21. The molecule has 1 saturated heterocycles. The Morgan fingerprint density at radius 2 is 2.20 bits per heavy atom. The molecule has 1 fully saturated rings. The summed E-state index contributed by atoms with van der Waals surface area (Å²) in [5.41, 5.74) is 0.870. The molecule has 0 saturated carbocycles. The Balaban J connectivity index is 2.12. The van der Waals surface area contributed by atoms with Crippen LogP contribution in [0.4, 0.5) is 4.39 Å². The van der Waals surface area contributed by atoms with Gasteiger partial charge in [-0.2, -0.15) is 11.8 Å². The molecule has 4 heteroatoms. The smallest absolute Gasteiger partial charge is 0.123 e. The Kier molecular flexibility index (Phi) is 3.81. The van der Waals surface area contributed by atoms with Crippen molar-refractivity contribution in [1.29, 1.82) is 0 Å². The van der Waals surface area contributed by atoms with Gasteiger partial charge in [-0.1, -0.05) is 11.6 Å². The first-order valence-corrected chi connectivity index (χ1v) is 6.79. The molecule has 0 amide bonds. The molecule has 1 aliphatic heterocycles. The molecular weight excluding hydrogens is 254 g/mol. The average Bonchev–Trinajstić information content (AvgIpc) is 2.58. The van der Waals surface area contributed by atoms with Crippen molar-refractivity contribution in [3.05, 3.63) is 34.6 Å². The van der Waals surface area contributed by atoms with E-state index in [0.29, 0.717) is 10.9 Å². The number of hydrogen-bond acceptors (Lipinski definition) is 1. The summed E-state index contributed by atoms with van der Waals surface area (Å²) in [4.78, 5) is 0. The van der Waals surface area contributed by atoms with Gasteiger partial charge in [-0.25, -0.2) is 4.39 Å². The number of alkyl halides is 1. The van der Waals surface area contributed by atoms with Gasteiger partial charge in [-0.3, -0.25) is 0 Å². The first kappa shape index (κ1) is 11.6. The van der Waals surface area contributed by atoms with Crippen LogP contribution in [-0.4, -0.2) is 16.9 Å². The largest absolute Gasteiger partial charge is 0.207 e. The number of thioether (sulfide) groups is 1. The topological polar surface area (TPSA) is 0 Å². The Bertz CT molecular complexity index is 356. The van der Waals surface area contributed by atoms with E-state index >= 15 is 0 Å². The number of halogens is 3. The van der Waals surface area contributed by atoms with Crippen molar-refractivity contribution in [2.24, 2.45) is 5.92 Å². The van der Waals surface area contributed by atoms with Gasteiger partial charge >= 0.3 is 0 Å². The van der Waals surface area contributed by atoms with E-state index in [1.54, 1.807) is 6.07 Å². The van der Waals surface area contributed by atoms with Gasteiger partial charge in [0, 0.05) is 16.2 Å². The molecule has 1 aromatic rings. The zero-order valence-electron chi connectivity index (χ0n) is 8.05. The summed E-state index contributed by atoms with van der Waals surface area (Å²) in [6, 6.07) is 4.50. The van der Waals surface area contributed by atoms with Gasteiger partial charge in [0.05, 0.1) is 0 Å². The Hall–Kier alpha value is 0.0800. The van der Waals surface area contributed by atoms with Gasteiger partial charge in [0.15, 0.2) is 0 Å². The maximum Gasteiger partial charge on any atom is 0.123 e. The van der Waals surface area contributed by atoms with Crippen LogP contribution in [0.3, 0.4) is 0 Å². The van der Waals surface area contributed by atoms with Crippen molar-refractivity contribution in [2.45, 2.75) is 11.8 Å². The molecule has 0 nitrogen and oxygen atoms in total. The van der Waals surface area contributed by atoms with E-state index in [4.69, 9.17) is 23.2 Å². The second-order valence-electron chi connectivity index (χ2n) is 3.75. The number of hydrogen-bond donors (Lipinski definition) is 0. The zero-order chi connectivity index (χ0) is 10.8. The highest BCUT2D eigenvalue weighted by Crippen LogP contribution is 2.32. The van der Waals surface area contributed by atoms with Gasteiger partial charge in [0.1, 0.15) is 5.82 Å². The highest BCUT2D eigenvalue weighted by molar-refractivity contribution is 7.99. The van der Waals surface area contributed by atoms with Crippen molar-refractivity contribution in [3.63, 3.8) is 0 Å². The summed E-state index contributed by atoms with van der Waals surface area (Å²) < 4.78 is 13.0. The van der Waals surface area contributed by atoms with Crippen LogP contribution in [0.25, 0.3) is 0 Å². The molecule has 0 bridgehead atoms. The van der Waals surface area contributed by atoms with Crippen LogP contribution in [0.2, 0.25) is 5.02 Å². The predicted octanol–water partition coefficient (Wildman–Crippen LogP) is 3.99. The summed E-state index contributed by atoms with van der Waals surface area (Å²) in [5, 5.41) is 0.825. The van der Waals surface area contributed by atoms with E-state index in [-0.39, 0.29) is 11.2 Å². The summed E-state index contributed by atoms with van der Waals surface area (Å²) in [6.07, 6.45) is 0.776. The number of rotatable bonds is 2. The molecule has 1 aliphatic rings. The molecule has 2 rings (SSSR count). The van der Waals surface area contributed by atoms with Crippen LogP contribution in [-0.2, 0) is 6.42 Å². The van der Waals surface area contributed by atoms with E-state index in [1.807, 2.05) is 11.8 Å². The highest BCUT2D eigenvalue weighted by Gasteiger charge is 2.26. The summed E-state index contributed by atoms with van der Waals surface area (Å²) in [6.45, 7) is 0. The average molecular weight is 265 g/mol. The van der Waals surface area contributed by atoms with Crippen LogP contribution in [0, 0.1) is 11.7 Å². The van der Waals surface area contributed by atoms with Gasteiger partial charge in [-0.05, 0) is 41.9 Å². The fourth-order valence-electron chi connectivity index (χ4n) is 1.74. The molecule has 82 valence electrons. The minimum Gasteiger partial charge on any atom is -0.207 e. The van der Waals surface area contributed by atoms with Crippen LogP contribution in [0.15, 0.2) is 18.2 Å². The third-order valence-corrected chi connectivity index (χ3v) is 4.93. The molecule has 0 spiro atoms. The molecular formula is C11H11Cl2FS. The quantitative estimate of drug-likeness (QED) is 0.728. The molecule has 15 heavy (non-hydrogen) atoms. The minimum absolute atomic E-state index is 0.189. The maximum absolute atomic E-state index is 13.0. The van der Waals surface area contributed by atoms with Crippen LogP contribution in [0.5, 0.6) is 0 Å². The van der Waals surface area contributed by atoms with E-state index in [1.165, 1.54) is 12.1 Å². The van der Waals surface area contributed by atoms with Crippen LogP contribution < -0.4 is 0 Å². The third-order valence-electron chi connectivity index (χ3n) is 2.61. The maximum atomic E-state index is 13.0. The van der Waals surface area contributed by atoms with Gasteiger partial charge < -0.3 is 0 Å². The van der Waals surface area contributed by atoms with Crippen molar-refractivity contribution in [1.82, 2.24) is 0 Å².